The number of aromatic nitrogens is 1. The highest BCUT2D eigenvalue weighted by Crippen LogP contribution is 2.22. The quantitative estimate of drug-likeness (QED) is 0.366. The van der Waals surface area contributed by atoms with E-state index in [0.29, 0.717) is 13.2 Å². The molecular weight excluding hydrogens is 288 g/mol. The van der Waals surface area contributed by atoms with E-state index >= 15 is 0 Å². The van der Waals surface area contributed by atoms with E-state index in [9.17, 15) is 14.9 Å². The molecule has 1 saturated heterocycles. The molecule has 0 aromatic carbocycles. The van der Waals surface area contributed by atoms with Crippen molar-refractivity contribution in [1.29, 1.82) is 0 Å². The van der Waals surface area contributed by atoms with Gasteiger partial charge in [0.25, 0.3) is 0 Å². The Balaban J connectivity index is 2.04. The molecule has 7 nitrogen and oxygen atoms in total. The number of nitro groups is 1. The lowest BCUT2D eigenvalue weighted by molar-refractivity contribution is -0.385. The monoisotopic (exact) mass is 300 g/mol. The SMILES string of the molecule is O=C(OCC1CCOCC1)c1cc(Cl)ncc1[N+](=O)[O-]. The minimum Gasteiger partial charge on any atom is -0.462 e. The lowest BCUT2D eigenvalue weighted by Gasteiger charge is -2.21. The number of nitrogens with zero attached hydrogens (tertiary/aromatic N) is 2. The second-order valence-corrected chi connectivity index (χ2v) is 4.82. The smallest absolute Gasteiger partial charge is 0.345 e. The number of esters is 1. The molecule has 0 N–H and O–H groups in total. The summed E-state index contributed by atoms with van der Waals surface area (Å²) in [5, 5.41) is 10.8. The zero-order valence-electron chi connectivity index (χ0n) is 10.6. The molecule has 0 radical (unpaired) electrons. The number of carbonyl (C=O) groups excluding carboxylic acids is 1. The van der Waals surface area contributed by atoms with Crippen LogP contribution in [0.3, 0.4) is 0 Å². The second kappa shape index (κ2) is 6.62. The number of halogens is 1. The largest absolute Gasteiger partial charge is 0.462 e. The molecule has 8 heteroatoms. The third kappa shape index (κ3) is 3.64. The van der Waals surface area contributed by atoms with E-state index < -0.39 is 16.6 Å². The van der Waals surface area contributed by atoms with Crippen molar-refractivity contribution in [2.45, 2.75) is 12.8 Å². The van der Waals surface area contributed by atoms with Gasteiger partial charge in [-0.25, -0.2) is 9.78 Å². The Morgan fingerprint density at radius 2 is 2.25 bits per heavy atom. The Morgan fingerprint density at radius 3 is 2.90 bits per heavy atom. The molecule has 108 valence electrons. The topological polar surface area (TPSA) is 91.6 Å². The highest BCUT2D eigenvalue weighted by atomic mass is 35.5. The molecule has 1 aromatic heterocycles. The van der Waals surface area contributed by atoms with Gasteiger partial charge >= 0.3 is 11.7 Å². The summed E-state index contributed by atoms with van der Waals surface area (Å²) < 4.78 is 10.3. The van der Waals surface area contributed by atoms with E-state index in [4.69, 9.17) is 21.1 Å². The minimum atomic E-state index is -0.757. The summed E-state index contributed by atoms with van der Waals surface area (Å²) in [7, 11) is 0. The van der Waals surface area contributed by atoms with Gasteiger partial charge in [-0.05, 0) is 24.8 Å². The van der Waals surface area contributed by atoms with Crippen molar-refractivity contribution in [3.05, 3.63) is 33.1 Å². The second-order valence-electron chi connectivity index (χ2n) is 4.44. The lowest BCUT2D eigenvalue weighted by atomic mass is 10.0. The summed E-state index contributed by atoms with van der Waals surface area (Å²) in [6, 6.07) is 1.14. The van der Waals surface area contributed by atoms with Crippen LogP contribution >= 0.6 is 11.6 Å². The summed E-state index contributed by atoms with van der Waals surface area (Å²) in [5.74, 6) is -0.531. The molecule has 1 fully saturated rings. The fourth-order valence-electron chi connectivity index (χ4n) is 1.92. The van der Waals surface area contributed by atoms with Gasteiger partial charge in [0.1, 0.15) is 16.9 Å². The maximum atomic E-state index is 11.9. The highest BCUT2D eigenvalue weighted by molar-refractivity contribution is 6.29. The van der Waals surface area contributed by atoms with Crippen LogP contribution in [0.2, 0.25) is 5.15 Å². The molecule has 0 saturated carbocycles. The third-order valence-corrected chi connectivity index (χ3v) is 3.26. The molecule has 0 atom stereocenters. The van der Waals surface area contributed by atoms with E-state index in [-0.39, 0.29) is 23.2 Å². The standard InChI is InChI=1S/C12H13ClN2O5/c13-11-5-9(10(6-14-11)15(17)18)12(16)20-7-8-1-3-19-4-2-8/h5-6,8H,1-4,7H2. The van der Waals surface area contributed by atoms with E-state index in [1.54, 1.807) is 0 Å². The summed E-state index contributed by atoms with van der Waals surface area (Å²) in [6.45, 7) is 1.51. The van der Waals surface area contributed by atoms with E-state index in [1.807, 2.05) is 0 Å². The first-order chi connectivity index (χ1) is 9.58. The van der Waals surface area contributed by atoms with Gasteiger partial charge in [-0.1, -0.05) is 11.6 Å². The molecule has 2 heterocycles. The Bertz CT molecular complexity index is 517. The van der Waals surface area contributed by atoms with Crippen LogP contribution in [0.25, 0.3) is 0 Å². The van der Waals surface area contributed by atoms with Gasteiger partial charge in [-0.2, -0.15) is 0 Å². The predicted octanol–water partition coefficient (Wildman–Crippen LogP) is 2.23. The fourth-order valence-corrected chi connectivity index (χ4v) is 2.07. The fraction of sp³-hybridized carbons (Fsp3) is 0.500. The average molecular weight is 301 g/mol. The van der Waals surface area contributed by atoms with Crippen molar-refractivity contribution < 1.29 is 19.2 Å². The average Bonchev–Trinajstić information content (AvgIpc) is 2.45. The first-order valence-corrected chi connectivity index (χ1v) is 6.50. The molecular formula is C12H13ClN2O5. The summed E-state index contributed by atoms with van der Waals surface area (Å²) in [6.07, 6.45) is 2.58. The van der Waals surface area contributed by atoms with Gasteiger partial charge in [-0.3, -0.25) is 10.1 Å². The van der Waals surface area contributed by atoms with Crippen LogP contribution in [0, 0.1) is 16.0 Å². The Kier molecular flexibility index (Phi) is 4.86. The number of hydrogen-bond acceptors (Lipinski definition) is 6. The molecule has 0 amide bonds. The summed E-state index contributed by atoms with van der Waals surface area (Å²) >= 11 is 5.66. The van der Waals surface area contributed by atoms with Gasteiger partial charge in [0, 0.05) is 13.2 Å². The van der Waals surface area contributed by atoms with Crippen LogP contribution in [0.15, 0.2) is 12.3 Å². The molecule has 0 spiro atoms. The lowest BCUT2D eigenvalue weighted by Crippen LogP contribution is -2.22. The maximum Gasteiger partial charge on any atom is 0.345 e. The molecule has 2 rings (SSSR count). The number of hydrogen-bond donors (Lipinski definition) is 0. The summed E-state index contributed by atoms with van der Waals surface area (Å²) in [4.78, 5) is 25.7. The van der Waals surface area contributed by atoms with Crippen molar-refractivity contribution >= 4 is 23.3 Å². The minimum absolute atomic E-state index is 0.00798. The molecule has 1 aromatic rings. The highest BCUT2D eigenvalue weighted by Gasteiger charge is 2.24. The first-order valence-electron chi connectivity index (χ1n) is 6.12. The van der Waals surface area contributed by atoms with Gasteiger partial charge in [0.05, 0.1) is 11.5 Å². The number of ether oxygens (including phenoxy) is 2. The Morgan fingerprint density at radius 1 is 1.55 bits per heavy atom. The van der Waals surface area contributed by atoms with E-state index in [1.165, 1.54) is 0 Å². The van der Waals surface area contributed by atoms with Crippen molar-refractivity contribution in [2.75, 3.05) is 19.8 Å². The summed E-state index contributed by atoms with van der Waals surface area (Å²) in [5.41, 5.74) is -0.589. The Hall–Kier alpha value is -1.73. The Labute approximate surface area is 120 Å². The third-order valence-electron chi connectivity index (χ3n) is 3.06. The molecule has 20 heavy (non-hydrogen) atoms. The molecule has 0 unspecified atom stereocenters. The first kappa shape index (κ1) is 14.7. The molecule has 0 bridgehead atoms. The normalized spacial score (nSPS) is 15.8. The van der Waals surface area contributed by atoms with Crippen molar-refractivity contribution in [3.63, 3.8) is 0 Å². The van der Waals surface area contributed by atoms with Crippen LogP contribution < -0.4 is 0 Å². The molecule has 0 aliphatic carbocycles. The number of pyridine rings is 1. The van der Waals surface area contributed by atoms with Crippen LogP contribution in [0.4, 0.5) is 5.69 Å². The number of rotatable bonds is 4. The molecule has 1 aliphatic heterocycles. The van der Waals surface area contributed by atoms with Gasteiger partial charge < -0.3 is 9.47 Å². The van der Waals surface area contributed by atoms with Crippen molar-refractivity contribution in [1.82, 2.24) is 4.98 Å². The maximum absolute atomic E-state index is 11.9. The van der Waals surface area contributed by atoms with Crippen molar-refractivity contribution in [2.24, 2.45) is 5.92 Å². The predicted molar refractivity (Wildman–Crippen MR) is 69.7 cm³/mol. The van der Waals surface area contributed by atoms with Gasteiger partial charge in [0.15, 0.2) is 0 Å². The van der Waals surface area contributed by atoms with Gasteiger partial charge in [0.2, 0.25) is 0 Å². The zero-order valence-corrected chi connectivity index (χ0v) is 11.3. The molecule has 1 aliphatic rings. The van der Waals surface area contributed by atoms with Crippen LogP contribution in [0.5, 0.6) is 0 Å². The van der Waals surface area contributed by atoms with E-state index in [0.717, 1.165) is 25.1 Å². The van der Waals surface area contributed by atoms with Crippen molar-refractivity contribution in [3.8, 4) is 0 Å². The van der Waals surface area contributed by atoms with E-state index in [2.05, 4.69) is 4.98 Å². The van der Waals surface area contributed by atoms with Crippen LogP contribution in [0.1, 0.15) is 23.2 Å². The van der Waals surface area contributed by atoms with Crippen LogP contribution in [-0.4, -0.2) is 35.7 Å². The van der Waals surface area contributed by atoms with Crippen LogP contribution in [-0.2, 0) is 9.47 Å². The van der Waals surface area contributed by atoms with Gasteiger partial charge in [-0.15, -0.1) is 0 Å². The number of carbonyl (C=O) groups is 1. The zero-order chi connectivity index (χ0) is 14.5.